The third-order valence-electron chi connectivity index (χ3n) is 5.67. The topological polar surface area (TPSA) is 90.9 Å². The molecule has 0 fully saturated rings. The summed E-state index contributed by atoms with van der Waals surface area (Å²) in [6, 6.07) is 7.24. The van der Waals surface area contributed by atoms with Gasteiger partial charge in [-0.05, 0) is 43.9 Å². The van der Waals surface area contributed by atoms with E-state index in [1.165, 1.54) is 7.11 Å². The summed E-state index contributed by atoms with van der Waals surface area (Å²) in [7, 11) is 2.83. The van der Waals surface area contributed by atoms with Gasteiger partial charge in [-0.2, -0.15) is 0 Å². The number of nitrogens with one attached hydrogen (secondary N) is 1. The molecule has 1 aromatic rings. The lowest BCUT2D eigenvalue weighted by Crippen LogP contribution is -2.43. The number of dihydropyridines is 1. The molecule has 2 aliphatic rings. The maximum absolute atomic E-state index is 13.5. The lowest BCUT2D eigenvalue weighted by molar-refractivity contribution is -0.151. The van der Waals surface area contributed by atoms with Crippen LogP contribution in [0.5, 0.6) is 5.75 Å². The zero-order valence-electron chi connectivity index (χ0n) is 17.9. The Morgan fingerprint density at radius 1 is 1.23 bits per heavy atom. The van der Waals surface area contributed by atoms with Gasteiger partial charge in [-0.15, -0.1) is 0 Å². The van der Waals surface area contributed by atoms with Crippen LogP contribution < -0.4 is 10.1 Å². The van der Waals surface area contributed by atoms with Gasteiger partial charge >= 0.3 is 11.9 Å². The molecule has 30 heavy (non-hydrogen) atoms. The van der Waals surface area contributed by atoms with Crippen LogP contribution in [-0.4, -0.2) is 38.5 Å². The number of allylic oxidation sites excluding steroid dienone is 3. The molecule has 0 saturated heterocycles. The molecule has 160 valence electrons. The second-order valence-corrected chi connectivity index (χ2v) is 7.53. The minimum Gasteiger partial charge on any atom is -0.497 e. The Bertz CT molecular complexity index is 945. The summed E-state index contributed by atoms with van der Waals surface area (Å²) in [4.78, 5) is 38.8. The smallest absolute Gasteiger partial charge is 0.336 e. The molecule has 0 unspecified atom stereocenters. The van der Waals surface area contributed by atoms with Crippen LogP contribution in [0.25, 0.3) is 0 Å². The molecule has 7 nitrogen and oxygen atoms in total. The summed E-state index contributed by atoms with van der Waals surface area (Å²) in [5, 5.41) is 3.23. The molecule has 7 heteroatoms. The van der Waals surface area contributed by atoms with Gasteiger partial charge in [0.25, 0.3) is 0 Å². The number of esters is 2. The van der Waals surface area contributed by atoms with E-state index in [9.17, 15) is 14.4 Å². The van der Waals surface area contributed by atoms with Gasteiger partial charge in [-0.3, -0.25) is 9.59 Å². The summed E-state index contributed by atoms with van der Waals surface area (Å²) >= 11 is 0. The van der Waals surface area contributed by atoms with Crippen molar-refractivity contribution in [3.8, 4) is 5.75 Å². The van der Waals surface area contributed by atoms with Crippen molar-refractivity contribution in [2.45, 2.75) is 33.1 Å². The number of Topliss-reactive ketones (excluding diaryl/α,β-unsaturated/α-hetero) is 1. The second kappa shape index (κ2) is 8.73. The number of ether oxygens (including phenoxy) is 3. The molecular formula is C23H27NO6. The predicted molar refractivity (Wildman–Crippen MR) is 110 cm³/mol. The standard InChI is InChI=1S/C23H27NO6/c1-6-30-23(27)18-13(3)24-16-10-12(2)17(22(26)29-5)21(25)20(16)19(18)14-8-7-9-15(11-14)28-4/h7-9,11-12,17,19,24H,6,10H2,1-5H3/t12-,17+,19-/m0/s1. The molecule has 3 rings (SSSR count). The van der Waals surface area contributed by atoms with Gasteiger partial charge in [-0.1, -0.05) is 19.1 Å². The van der Waals surface area contributed by atoms with Crippen molar-refractivity contribution >= 4 is 17.7 Å². The Kier molecular flexibility index (Phi) is 6.29. The van der Waals surface area contributed by atoms with Gasteiger partial charge in [0.1, 0.15) is 11.7 Å². The summed E-state index contributed by atoms with van der Waals surface area (Å²) in [6.45, 7) is 5.59. The summed E-state index contributed by atoms with van der Waals surface area (Å²) < 4.78 is 15.5. The highest BCUT2D eigenvalue weighted by molar-refractivity contribution is 6.12. The van der Waals surface area contributed by atoms with E-state index in [0.717, 1.165) is 11.3 Å². The first-order valence-corrected chi connectivity index (χ1v) is 9.97. The first-order chi connectivity index (χ1) is 14.3. The number of methoxy groups -OCH3 is 2. The molecule has 3 atom stereocenters. The van der Waals surface area contributed by atoms with E-state index in [-0.39, 0.29) is 18.3 Å². The van der Waals surface area contributed by atoms with Gasteiger partial charge in [0.05, 0.1) is 26.4 Å². The monoisotopic (exact) mass is 413 g/mol. The zero-order valence-corrected chi connectivity index (χ0v) is 17.9. The lowest BCUT2D eigenvalue weighted by atomic mass is 9.69. The molecule has 0 bridgehead atoms. The van der Waals surface area contributed by atoms with Crippen molar-refractivity contribution in [2.24, 2.45) is 11.8 Å². The number of carbonyl (C=O) groups excluding carboxylic acids is 3. The highest BCUT2D eigenvalue weighted by Gasteiger charge is 2.47. The van der Waals surface area contributed by atoms with Crippen LogP contribution in [0.4, 0.5) is 0 Å². The van der Waals surface area contributed by atoms with E-state index in [4.69, 9.17) is 14.2 Å². The molecule has 0 aromatic heterocycles. The molecular weight excluding hydrogens is 386 g/mol. The number of carbonyl (C=O) groups is 3. The number of benzene rings is 1. The Morgan fingerprint density at radius 2 is 1.97 bits per heavy atom. The maximum Gasteiger partial charge on any atom is 0.336 e. The van der Waals surface area contributed by atoms with Crippen molar-refractivity contribution < 1.29 is 28.6 Å². The number of hydrogen-bond donors (Lipinski definition) is 1. The normalized spacial score (nSPS) is 23.5. The average Bonchev–Trinajstić information content (AvgIpc) is 2.72. The van der Waals surface area contributed by atoms with Crippen LogP contribution >= 0.6 is 0 Å². The van der Waals surface area contributed by atoms with E-state index >= 15 is 0 Å². The zero-order chi connectivity index (χ0) is 22.0. The van der Waals surface area contributed by atoms with Crippen molar-refractivity contribution in [1.82, 2.24) is 5.32 Å². The van der Waals surface area contributed by atoms with E-state index < -0.39 is 23.8 Å². The molecule has 1 aliphatic heterocycles. The molecule has 1 aromatic carbocycles. The van der Waals surface area contributed by atoms with Crippen LogP contribution in [-0.2, 0) is 23.9 Å². The molecule has 1 heterocycles. The van der Waals surface area contributed by atoms with E-state index in [0.29, 0.717) is 29.0 Å². The van der Waals surface area contributed by atoms with Crippen LogP contribution in [0.1, 0.15) is 38.7 Å². The molecule has 0 saturated carbocycles. The Hall–Kier alpha value is -3.09. The van der Waals surface area contributed by atoms with E-state index in [1.807, 2.05) is 19.1 Å². The van der Waals surface area contributed by atoms with Gasteiger partial charge < -0.3 is 19.5 Å². The fraction of sp³-hybridized carbons (Fsp3) is 0.435. The molecule has 0 amide bonds. The molecule has 0 spiro atoms. The van der Waals surface area contributed by atoms with Crippen molar-refractivity contribution in [2.75, 3.05) is 20.8 Å². The minimum absolute atomic E-state index is 0.210. The summed E-state index contributed by atoms with van der Waals surface area (Å²) in [6.07, 6.45) is 0.495. The maximum atomic E-state index is 13.5. The number of ketones is 1. The lowest BCUT2D eigenvalue weighted by Gasteiger charge is -2.38. The number of hydrogen-bond acceptors (Lipinski definition) is 7. The Labute approximate surface area is 176 Å². The minimum atomic E-state index is -0.912. The van der Waals surface area contributed by atoms with Crippen LogP contribution in [0.3, 0.4) is 0 Å². The van der Waals surface area contributed by atoms with Gasteiger partial charge in [-0.25, -0.2) is 4.79 Å². The Balaban J connectivity index is 2.20. The summed E-state index contributed by atoms with van der Waals surface area (Å²) in [5.41, 5.74) is 2.85. The first-order valence-electron chi connectivity index (χ1n) is 9.97. The van der Waals surface area contributed by atoms with E-state index in [1.54, 1.807) is 33.1 Å². The van der Waals surface area contributed by atoms with Crippen molar-refractivity contribution in [3.05, 3.63) is 52.4 Å². The second-order valence-electron chi connectivity index (χ2n) is 7.53. The SMILES string of the molecule is CCOC(=O)C1=C(C)NC2=C(C(=O)[C@H](C(=O)OC)[C@@H](C)C2)[C@H]1c1cccc(OC)c1. The van der Waals surface area contributed by atoms with Gasteiger partial charge in [0.2, 0.25) is 0 Å². The highest BCUT2D eigenvalue weighted by atomic mass is 16.5. The third kappa shape index (κ3) is 3.72. The highest BCUT2D eigenvalue weighted by Crippen LogP contribution is 2.45. The molecule has 1 aliphatic carbocycles. The first kappa shape index (κ1) is 21.6. The van der Waals surface area contributed by atoms with Gasteiger partial charge in [0.15, 0.2) is 5.78 Å². The fourth-order valence-corrected chi connectivity index (χ4v) is 4.31. The third-order valence-corrected chi connectivity index (χ3v) is 5.67. The summed E-state index contributed by atoms with van der Waals surface area (Å²) in [5.74, 6) is -2.58. The van der Waals surface area contributed by atoms with Crippen molar-refractivity contribution in [3.63, 3.8) is 0 Å². The van der Waals surface area contributed by atoms with Crippen molar-refractivity contribution in [1.29, 1.82) is 0 Å². The molecule has 0 radical (unpaired) electrons. The van der Waals surface area contributed by atoms with Crippen LogP contribution in [0, 0.1) is 11.8 Å². The predicted octanol–water partition coefficient (Wildman–Crippen LogP) is 2.87. The van der Waals surface area contributed by atoms with Gasteiger partial charge in [0, 0.05) is 22.9 Å². The molecule has 1 N–H and O–H groups in total. The Morgan fingerprint density at radius 3 is 2.60 bits per heavy atom. The fourth-order valence-electron chi connectivity index (χ4n) is 4.31. The number of rotatable bonds is 5. The average molecular weight is 413 g/mol. The van der Waals surface area contributed by atoms with E-state index in [2.05, 4.69) is 5.32 Å². The quantitative estimate of drug-likeness (QED) is 0.586. The largest absolute Gasteiger partial charge is 0.497 e. The van der Waals surface area contributed by atoms with Crippen LogP contribution in [0.2, 0.25) is 0 Å². The van der Waals surface area contributed by atoms with Crippen LogP contribution in [0.15, 0.2) is 46.8 Å².